The van der Waals surface area contributed by atoms with E-state index in [9.17, 15) is 19.8 Å². The number of aliphatic imine (C=N–C) groups is 1. The Bertz CT molecular complexity index is 929. The van der Waals surface area contributed by atoms with Gasteiger partial charge >= 0.3 is 17.7 Å². The van der Waals surface area contributed by atoms with Crippen molar-refractivity contribution in [2.24, 2.45) is 10.7 Å². The van der Waals surface area contributed by atoms with Gasteiger partial charge in [-0.25, -0.2) is 14.6 Å². The Hall–Kier alpha value is -2.89. The molecule has 0 aromatic carbocycles. The highest BCUT2D eigenvalue weighted by Crippen LogP contribution is 2.26. The lowest BCUT2D eigenvalue weighted by Crippen LogP contribution is -2.57. The monoisotopic (exact) mass is 473 g/mol. The molecule has 184 valence electrons. The summed E-state index contributed by atoms with van der Waals surface area (Å²) < 4.78 is 11.9. The van der Waals surface area contributed by atoms with E-state index in [1.165, 1.54) is 15.8 Å². The van der Waals surface area contributed by atoms with Crippen LogP contribution in [0, 0.1) is 0 Å². The van der Waals surface area contributed by atoms with Crippen molar-refractivity contribution in [3.8, 4) is 0 Å². The van der Waals surface area contributed by atoms with Crippen molar-refractivity contribution in [3.05, 3.63) is 16.8 Å². The van der Waals surface area contributed by atoms with Crippen LogP contribution in [0.25, 0.3) is 0 Å². The Morgan fingerprint density at radius 2 is 1.79 bits per heavy atom. The van der Waals surface area contributed by atoms with Gasteiger partial charge in [0.1, 0.15) is 24.6 Å². The van der Waals surface area contributed by atoms with Crippen molar-refractivity contribution in [1.29, 1.82) is 0 Å². The molecule has 16 nitrogen and oxygen atoms in total. The lowest BCUT2D eigenvalue weighted by Gasteiger charge is -2.34. The van der Waals surface area contributed by atoms with Gasteiger partial charge in [0, 0.05) is 12.8 Å². The summed E-state index contributed by atoms with van der Waals surface area (Å²) in [5.74, 6) is 0.0782. The fraction of sp³-hybridized carbons (Fsp3) is 0.706. The van der Waals surface area contributed by atoms with Gasteiger partial charge in [0.05, 0.1) is 25.4 Å². The van der Waals surface area contributed by atoms with Gasteiger partial charge in [-0.15, -0.1) is 0 Å². The molecule has 1 aromatic rings. The predicted octanol–water partition coefficient (Wildman–Crippen LogP) is -4.58. The number of ether oxygens (including phenoxy) is 2. The van der Waals surface area contributed by atoms with E-state index in [1.807, 2.05) is 0 Å². The molecule has 7 atom stereocenters. The van der Waals surface area contributed by atoms with Crippen LogP contribution in [0.3, 0.4) is 0 Å². The average Bonchev–Trinajstić information content (AvgIpc) is 3.29. The smallest absolute Gasteiger partial charge is 0.394 e. The standard InChI is InChI=1S/C9H16N4O4.C8H12N4O4/c1-4-11-8(10)12-9(16)13(4)7-2-5(15)6(3-14)17-7;9-7-10-3-12(8(15)11-7)6-1-4(14)5(2-13)16-6/h4-7,14-15H,2-3H2,1H3,(H3,10,11,12,16);3-6,13-14H,1-2H2,(H2,9,11,15)/p+1/t4?,5-,6-,7-;4-,5-,6-/m11/s1. The summed E-state index contributed by atoms with van der Waals surface area (Å²) in [4.78, 5) is 34.6. The Labute approximate surface area is 187 Å². The van der Waals surface area contributed by atoms with Gasteiger partial charge in [0.15, 0.2) is 12.2 Å². The number of carbonyl (C=O) groups excluding carboxylic acids is 1. The molecule has 33 heavy (non-hydrogen) atoms. The highest BCUT2D eigenvalue weighted by molar-refractivity contribution is 5.97. The molecule has 0 radical (unpaired) electrons. The minimum atomic E-state index is -0.792. The number of aliphatic hydroxyl groups excluding tert-OH is 4. The zero-order valence-corrected chi connectivity index (χ0v) is 17.8. The lowest BCUT2D eigenvalue weighted by molar-refractivity contribution is -0.776. The summed E-state index contributed by atoms with van der Waals surface area (Å²) in [5, 5.41) is 39.4. The highest BCUT2D eigenvalue weighted by atomic mass is 16.5. The number of nitrogens with one attached hydrogen (secondary N) is 2. The second-order valence-corrected chi connectivity index (χ2v) is 7.68. The Morgan fingerprint density at radius 1 is 1.15 bits per heavy atom. The molecular formula is C17H29N8O8+. The van der Waals surface area contributed by atoms with Crippen LogP contribution in [-0.4, -0.2) is 97.3 Å². The molecule has 0 spiro atoms. The summed E-state index contributed by atoms with van der Waals surface area (Å²) in [7, 11) is 0. The average molecular weight is 473 g/mol. The summed E-state index contributed by atoms with van der Waals surface area (Å²) >= 11 is 0. The first kappa shape index (κ1) is 24.7. The van der Waals surface area contributed by atoms with Crippen LogP contribution in [0.15, 0.2) is 16.1 Å². The number of nitrogen functional groups attached to an aromatic ring is 1. The Kier molecular flexibility index (Phi) is 7.77. The zero-order chi connectivity index (χ0) is 24.3. The maximum atomic E-state index is 11.7. The summed E-state index contributed by atoms with van der Waals surface area (Å²) in [6.07, 6.45) is -2.89. The molecule has 1 unspecified atom stereocenters. The molecule has 0 bridgehead atoms. The number of nitrogens with two attached hydrogens (primary N) is 2. The van der Waals surface area contributed by atoms with Gasteiger partial charge < -0.3 is 41.4 Å². The van der Waals surface area contributed by atoms with Gasteiger partial charge in [0.2, 0.25) is 6.33 Å². The topological polar surface area (TPSA) is 246 Å². The van der Waals surface area contributed by atoms with Gasteiger partial charge in [0.25, 0.3) is 0 Å². The van der Waals surface area contributed by atoms with Crippen LogP contribution in [0.5, 0.6) is 0 Å². The molecule has 2 saturated heterocycles. The fourth-order valence-electron chi connectivity index (χ4n) is 3.70. The van der Waals surface area contributed by atoms with Crippen molar-refractivity contribution in [1.82, 2.24) is 20.2 Å². The van der Waals surface area contributed by atoms with Crippen LogP contribution in [0.1, 0.15) is 26.0 Å². The zero-order valence-electron chi connectivity index (χ0n) is 17.8. The molecule has 4 heterocycles. The second-order valence-electron chi connectivity index (χ2n) is 7.68. The number of urea groups is 1. The van der Waals surface area contributed by atoms with E-state index in [0.717, 1.165) is 0 Å². The highest BCUT2D eigenvalue weighted by Gasteiger charge is 2.42. The molecule has 0 saturated carbocycles. The normalized spacial score (nSPS) is 33.8. The number of guanidine groups is 1. The number of anilines is 1. The van der Waals surface area contributed by atoms with E-state index in [1.54, 1.807) is 6.92 Å². The number of amides is 2. The van der Waals surface area contributed by atoms with Crippen molar-refractivity contribution >= 4 is 17.9 Å². The largest absolute Gasteiger partial charge is 0.446 e. The van der Waals surface area contributed by atoms with Crippen molar-refractivity contribution in [2.45, 2.75) is 62.8 Å². The number of nitrogens with zero attached hydrogens (tertiary/aromatic N) is 4. The number of hydrogen-bond acceptors (Lipinski definition) is 12. The van der Waals surface area contributed by atoms with E-state index < -0.39 is 54.8 Å². The van der Waals surface area contributed by atoms with Gasteiger partial charge in [-0.3, -0.25) is 10.2 Å². The van der Waals surface area contributed by atoms with Crippen molar-refractivity contribution in [2.75, 3.05) is 18.9 Å². The molecular weight excluding hydrogens is 444 g/mol. The van der Waals surface area contributed by atoms with Crippen LogP contribution < -0.4 is 27.0 Å². The maximum absolute atomic E-state index is 11.7. The van der Waals surface area contributed by atoms with Crippen LogP contribution in [0.2, 0.25) is 0 Å². The maximum Gasteiger partial charge on any atom is 0.446 e. The number of aromatic amines is 1. The first-order valence-corrected chi connectivity index (χ1v) is 10.2. The molecule has 16 heteroatoms. The Morgan fingerprint density at radius 3 is 2.33 bits per heavy atom. The minimum absolute atomic E-state index is 0.0125. The molecule has 0 aliphatic carbocycles. The quantitative estimate of drug-likeness (QED) is 0.193. The predicted molar refractivity (Wildman–Crippen MR) is 109 cm³/mol. The molecule has 3 aliphatic rings. The second kappa shape index (κ2) is 10.4. The fourth-order valence-corrected chi connectivity index (χ4v) is 3.70. The third-order valence-corrected chi connectivity index (χ3v) is 5.38. The molecule has 4 rings (SSSR count). The SMILES string of the molecule is CC1N=C(N)NC(=O)N1[C@H]1C[C@@H](O)[C@@H](CO)O1.Nc1nc[n+]([C@H]2C[C@@H](O)[C@@H](CO)O2)c(=O)[nH]1. The van der Waals surface area contributed by atoms with Crippen LogP contribution in [-0.2, 0) is 9.47 Å². The first-order chi connectivity index (χ1) is 15.6. The number of carbonyl (C=O) groups is 1. The molecule has 2 amide bonds. The number of aliphatic hydroxyl groups is 4. The van der Waals surface area contributed by atoms with Crippen LogP contribution >= 0.6 is 0 Å². The third-order valence-electron chi connectivity index (χ3n) is 5.38. The van der Waals surface area contributed by atoms with E-state index in [0.29, 0.717) is 0 Å². The van der Waals surface area contributed by atoms with Crippen LogP contribution in [0.4, 0.5) is 10.7 Å². The summed E-state index contributed by atoms with van der Waals surface area (Å²) in [6, 6.07) is -0.416. The van der Waals surface area contributed by atoms with E-state index in [2.05, 4.69) is 20.3 Å². The summed E-state index contributed by atoms with van der Waals surface area (Å²) in [5.41, 5.74) is 10.2. The van der Waals surface area contributed by atoms with E-state index in [4.69, 9.17) is 31.2 Å². The van der Waals surface area contributed by atoms with Gasteiger partial charge in [-0.05, 0) is 6.92 Å². The summed E-state index contributed by atoms with van der Waals surface area (Å²) in [6.45, 7) is 1.12. The lowest BCUT2D eigenvalue weighted by atomic mass is 10.2. The number of H-pyrrole nitrogens is 1. The van der Waals surface area contributed by atoms with Gasteiger partial charge in [-0.1, -0.05) is 4.98 Å². The number of rotatable bonds is 4. The molecule has 10 N–H and O–H groups in total. The third kappa shape index (κ3) is 5.55. The number of aromatic nitrogens is 3. The molecule has 2 fully saturated rings. The first-order valence-electron chi connectivity index (χ1n) is 10.2. The molecule has 1 aromatic heterocycles. The van der Waals surface area contributed by atoms with Crippen molar-refractivity contribution < 1.29 is 39.3 Å². The van der Waals surface area contributed by atoms with E-state index >= 15 is 0 Å². The number of hydrogen-bond donors (Lipinski definition) is 8. The van der Waals surface area contributed by atoms with Gasteiger partial charge in [-0.2, -0.15) is 9.55 Å². The molecule has 3 aliphatic heterocycles. The van der Waals surface area contributed by atoms with Crippen molar-refractivity contribution in [3.63, 3.8) is 0 Å². The van der Waals surface area contributed by atoms with E-state index in [-0.39, 0.29) is 38.0 Å². The minimum Gasteiger partial charge on any atom is -0.394 e. The Balaban J connectivity index is 0.000000186.